The predicted molar refractivity (Wildman–Crippen MR) is 98.6 cm³/mol. The summed E-state index contributed by atoms with van der Waals surface area (Å²) in [7, 11) is 0. The summed E-state index contributed by atoms with van der Waals surface area (Å²) in [6.45, 7) is 4.28. The molecule has 3 heteroatoms. The van der Waals surface area contributed by atoms with Crippen LogP contribution in [0.25, 0.3) is 0 Å². The van der Waals surface area contributed by atoms with Gasteiger partial charge in [0.2, 0.25) is 0 Å². The lowest BCUT2D eigenvalue weighted by Crippen LogP contribution is -2.52. The van der Waals surface area contributed by atoms with Crippen LogP contribution in [-0.2, 0) is 6.42 Å². The van der Waals surface area contributed by atoms with Crippen molar-refractivity contribution < 1.29 is 15.3 Å². The van der Waals surface area contributed by atoms with Gasteiger partial charge in [-0.05, 0) is 91.4 Å². The van der Waals surface area contributed by atoms with E-state index >= 15 is 0 Å². The largest absolute Gasteiger partial charge is 0.508 e. The third-order valence-electron chi connectivity index (χ3n) is 8.08. The first-order valence-corrected chi connectivity index (χ1v) is 10.1. The van der Waals surface area contributed by atoms with Crippen LogP contribution in [0.15, 0.2) is 18.2 Å². The number of aryl methyl sites for hydroxylation is 1. The molecule has 3 aliphatic rings. The molecular weight excluding hydrogens is 312 g/mol. The molecule has 3 aliphatic carbocycles. The molecule has 0 aliphatic heterocycles. The Hall–Kier alpha value is -1.06. The number of phenols is 1. The Labute approximate surface area is 151 Å². The Morgan fingerprint density at radius 2 is 2.00 bits per heavy atom. The number of aromatic hydroxyl groups is 1. The van der Waals surface area contributed by atoms with E-state index in [4.69, 9.17) is 0 Å². The van der Waals surface area contributed by atoms with E-state index in [2.05, 4.69) is 13.0 Å². The third kappa shape index (κ3) is 2.54. The van der Waals surface area contributed by atoms with Crippen LogP contribution in [0, 0.1) is 17.3 Å². The fraction of sp³-hybridized carbons (Fsp3) is 0.727. The smallest absolute Gasteiger partial charge is 0.115 e. The van der Waals surface area contributed by atoms with E-state index in [-0.39, 0.29) is 5.41 Å². The maximum atomic E-state index is 11.5. The molecule has 3 nitrogen and oxygen atoms in total. The number of hydrogen-bond donors (Lipinski definition) is 3. The van der Waals surface area contributed by atoms with Crippen molar-refractivity contribution in [3.8, 4) is 5.75 Å². The molecule has 0 bridgehead atoms. The standard InChI is InChI=1S/C22H32O3/c1-3-15(23)13-22(25)11-9-20-19-6-4-14-12-16(24)5-7-17(14)18(19)8-10-21(20,22)2/h5,7,12,15,18-20,23-25H,3-4,6,8-11,13H2,1-2H3/t15?,18?,19?,20?,21?,22-/m1/s1. The molecule has 0 saturated heterocycles. The fourth-order valence-corrected chi connectivity index (χ4v) is 6.55. The highest BCUT2D eigenvalue weighted by Crippen LogP contribution is 2.65. The Morgan fingerprint density at radius 3 is 2.76 bits per heavy atom. The summed E-state index contributed by atoms with van der Waals surface area (Å²) in [5.41, 5.74) is 1.96. The molecular formula is C22H32O3. The van der Waals surface area contributed by atoms with Crippen LogP contribution < -0.4 is 0 Å². The Bertz CT molecular complexity index is 657. The predicted octanol–water partition coefficient (Wildman–Crippen LogP) is 4.14. The van der Waals surface area contributed by atoms with Crippen molar-refractivity contribution in [1.29, 1.82) is 0 Å². The van der Waals surface area contributed by atoms with E-state index in [0.29, 0.717) is 36.3 Å². The van der Waals surface area contributed by atoms with Crippen LogP contribution in [0.2, 0.25) is 0 Å². The summed E-state index contributed by atoms with van der Waals surface area (Å²) >= 11 is 0. The molecule has 3 N–H and O–H groups in total. The van der Waals surface area contributed by atoms with Gasteiger partial charge >= 0.3 is 0 Å². The van der Waals surface area contributed by atoms with Crippen LogP contribution in [0.3, 0.4) is 0 Å². The number of aliphatic hydroxyl groups is 2. The SMILES string of the molecule is CCC(O)C[C@]1(O)CCC2C3CCc4cc(O)ccc4C3CCC21C. The van der Waals surface area contributed by atoms with Crippen LogP contribution in [0.4, 0.5) is 0 Å². The van der Waals surface area contributed by atoms with E-state index in [9.17, 15) is 15.3 Å². The Kier molecular flexibility index (Phi) is 4.16. The van der Waals surface area contributed by atoms with Gasteiger partial charge in [0.1, 0.15) is 5.75 Å². The van der Waals surface area contributed by atoms with E-state index in [1.165, 1.54) is 11.1 Å². The topological polar surface area (TPSA) is 60.7 Å². The van der Waals surface area contributed by atoms with Gasteiger partial charge in [-0.25, -0.2) is 0 Å². The quantitative estimate of drug-likeness (QED) is 0.772. The molecule has 25 heavy (non-hydrogen) atoms. The third-order valence-corrected chi connectivity index (χ3v) is 8.08. The molecule has 6 atom stereocenters. The van der Waals surface area contributed by atoms with E-state index < -0.39 is 11.7 Å². The first kappa shape index (κ1) is 17.4. The minimum atomic E-state index is -0.715. The number of phenolic OH excluding ortho intramolecular Hbond substituents is 1. The second kappa shape index (κ2) is 5.99. The highest BCUT2D eigenvalue weighted by Gasteiger charge is 2.61. The molecule has 1 aromatic rings. The second-order valence-corrected chi connectivity index (χ2v) is 9.09. The molecule has 2 fully saturated rings. The summed E-state index contributed by atoms with van der Waals surface area (Å²) in [6.07, 6.45) is 7.10. The molecule has 5 unspecified atom stereocenters. The van der Waals surface area contributed by atoms with Gasteiger partial charge in [0.05, 0.1) is 11.7 Å². The van der Waals surface area contributed by atoms with Crippen LogP contribution in [-0.4, -0.2) is 27.0 Å². The van der Waals surface area contributed by atoms with Crippen molar-refractivity contribution >= 4 is 0 Å². The van der Waals surface area contributed by atoms with Gasteiger partial charge in [0.25, 0.3) is 0 Å². The maximum Gasteiger partial charge on any atom is 0.115 e. The number of aliphatic hydroxyl groups excluding tert-OH is 1. The number of benzene rings is 1. The van der Waals surface area contributed by atoms with Crippen LogP contribution in [0.5, 0.6) is 5.75 Å². The van der Waals surface area contributed by atoms with Crippen molar-refractivity contribution in [2.24, 2.45) is 17.3 Å². The molecule has 4 rings (SSSR count). The molecule has 1 aromatic carbocycles. The molecule has 2 saturated carbocycles. The lowest BCUT2D eigenvalue weighted by atomic mass is 9.53. The average molecular weight is 344 g/mol. The molecule has 0 radical (unpaired) electrons. The minimum absolute atomic E-state index is 0.0707. The van der Waals surface area contributed by atoms with Crippen LogP contribution in [0.1, 0.15) is 75.8 Å². The number of fused-ring (bicyclic) bond motifs is 5. The summed E-state index contributed by atoms with van der Waals surface area (Å²) in [5.74, 6) is 2.12. The van der Waals surface area contributed by atoms with Gasteiger partial charge in [0, 0.05) is 6.42 Å². The first-order valence-electron chi connectivity index (χ1n) is 10.1. The van der Waals surface area contributed by atoms with E-state index in [0.717, 1.165) is 38.5 Å². The monoisotopic (exact) mass is 344 g/mol. The second-order valence-electron chi connectivity index (χ2n) is 9.09. The minimum Gasteiger partial charge on any atom is -0.508 e. The van der Waals surface area contributed by atoms with Crippen molar-refractivity contribution in [3.05, 3.63) is 29.3 Å². The summed E-state index contributed by atoms with van der Waals surface area (Å²) in [4.78, 5) is 0. The van der Waals surface area contributed by atoms with E-state index in [1.54, 1.807) is 0 Å². The van der Waals surface area contributed by atoms with Crippen LogP contribution >= 0.6 is 0 Å². The van der Waals surface area contributed by atoms with Gasteiger partial charge < -0.3 is 15.3 Å². The Morgan fingerprint density at radius 1 is 1.20 bits per heavy atom. The molecule has 138 valence electrons. The normalized spacial score (nSPS) is 40.9. The lowest BCUT2D eigenvalue weighted by molar-refractivity contribution is -0.123. The fourth-order valence-electron chi connectivity index (χ4n) is 6.55. The molecule has 0 aromatic heterocycles. The van der Waals surface area contributed by atoms with E-state index in [1.807, 2.05) is 19.1 Å². The highest BCUT2D eigenvalue weighted by atomic mass is 16.3. The van der Waals surface area contributed by atoms with Gasteiger partial charge in [0.15, 0.2) is 0 Å². The molecule has 0 spiro atoms. The van der Waals surface area contributed by atoms with Gasteiger partial charge in [-0.3, -0.25) is 0 Å². The van der Waals surface area contributed by atoms with Crippen molar-refractivity contribution in [3.63, 3.8) is 0 Å². The zero-order valence-electron chi connectivity index (χ0n) is 15.5. The first-order chi connectivity index (χ1) is 11.9. The van der Waals surface area contributed by atoms with Gasteiger partial charge in [-0.15, -0.1) is 0 Å². The van der Waals surface area contributed by atoms with Crippen molar-refractivity contribution in [2.75, 3.05) is 0 Å². The van der Waals surface area contributed by atoms with Crippen molar-refractivity contribution in [1.82, 2.24) is 0 Å². The average Bonchev–Trinajstić information content (AvgIpc) is 2.85. The van der Waals surface area contributed by atoms with Crippen molar-refractivity contribution in [2.45, 2.75) is 82.8 Å². The lowest BCUT2D eigenvalue weighted by Gasteiger charge is -2.53. The number of rotatable bonds is 3. The Balaban J connectivity index is 1.63. The highest BCUT2D eigenvalue weighted by molar-refractivity contribution is 5.40. The maximum absolute atomic E-state index is 11.5. The van der Waals surface area contributed by atoms with Gasteiger partial charge in [-0.1, -0.05) is 19.9 Å². The molecule has 0 heterocycles. The van der Waals surface area contributed by atoms with Gasteiger partial charge in [-0.2, -0.15) is 0 Å². The zero-order chi connectivity index (χ0) is 17.8. The zero-order valence-corrected chi connectivity index (χ0v) is 15.5. The molecule has 0 amide bonds. The summed E-state index contributed by atoms with van der Waals surface area (Å²) < 4.78 is 0. The number of hydrogen-bond acceptors (Lipinski definition) is 3. The summed E-state index contributed by atoms with van der Waals surface area (Å²) in [5, 5.41) is 31.5. The summed E-state index contributed by atoms with van der Waals surface area (Å²) in [6, 6.07) is 5.91.